The molecule has 2 nitrogen and oxygen atoms in total. The molecule has 2 rings (SSSR count). The summed E-state index contributed by atoms with van der Waals surface area (Å²) >= 11 is 0. The largest absolute Gasteiger partial charge is 0.490 e. The van der Waals surface area contributed by atoms with Crippen LogP contribution in [0.5, 0.6) is 5.75 Å². The smallest absolute Gasteiger partial charge is 0.149 e. The zero-order chi connectivity index (χ0) is 11.4. The summed E-state index contributed by atoms with van der Waals surface area (Å²) in [5.74, 6) is 0.199. The van der Waals surface area contributed by atoms with Gasteiger partial charge in [0.1, 0.15) is 11.6 Å². The van der Waals surface area contributed by atoms with E-state index in [4.69, 9.17) is 10.5 Å². The number of hydrogen-bond acceptors (Lipinski definition) is 2. The molecular formula is C13H18FNO. The van der Waals surface area contributed by atoms with E-state index in [0.29, 0.717) is 5.75 Å². The van der Waals surface area contributed by atoms with Crippen molar-refractivity contribution in [3.63, 3.8) is 0 Å². The lowest BCUT2D eigenvalue weighted by Crippen LogP contribution is -2.15. The molecule has 0 radical (unpaired) electrons. The monoisotopic (exact) mass is 223 g/mol. The van der Waals surface area contributed by atoms with Crippen molar-refractivity contribution in [2.75, 3.05) is 5.73 Å². The highest BCUT2D eigenvalue weighted by molar-refractivity contribution is 5.43. The summed E-state index contributed by atoms with van der Waals surface area (Å²) in [7, 11) is 0. The first kappa shape index (κ1) is 11.2. The van der Waals surface area contributed by atoms with Gasteiger partial charge in [-0.1, -0.05) is 12.8 Å². The number of rotatable bonds is 2. The van der Waals surface area contributed by atoms with Gasteiger partial charge in [0.25, 0.3) is 0 Å². The van der Waals surface area contributed by atoms with Gasteiger partial charge in [0, 0.05) is 6.07 Å². The van der Waals surface area contributed by atoms with Crippen molar-refractivity contribution in [1.82, 2.24) is 0 Å². The fourth-order valence-corrected chi connectivity index (χ4v) is 2.13. The predicted octanol–water partition coefficient (Wildman–Crippen LogP) is 3.51. The summed E-state index contributed by atoms with van der Waals surface area (Å²) in [6, 6.07) is 4.67. The van der Waals surface area contributed by atoms with Gasteiger partial charge >= 0.3 is 0 Å². The Kier molecular flexibility index (Phi) is 3.65. The van der Waals surface area contributed by atoms with E-state index in [1.807, 2.05) is 0 Å². The van der Waals surface area contributed by atoms with Crippen LogP contribution in [0.1, 0.15) is 38.5 Å². The van der Waals surface area contributed by atoms with E-state index in [0.717, 1.165) is 12.8 Å². The molecule has 0 unspecified atom stereocenters. The molecule has 1 fully saturated rings. The van der Waals surface area contributed by atoms with E-state index in [1.165, 1.54) is 31.7 Å². The fourth-order valence-electron chi connectivity index (χ4n) is 2.13. The van der Waals surface area contributed by atoms with Crippen molar-refractivity contribution in [2.24, 2.45) is 0 Å². The Morgan fingerprint density at radius 2 is 1.81 bits per heavy atom. The van der Waals surface area contributed by atoms with Crippen molar-refractivity contribution >= 4 is 5.69 Å². The number of nitrogen functional groups attached to an aromatic ring is 1. The van der Waals surface area contributed by atoms with Gasteiger partial charge in [0.05, 0.1) is 11.8 Å². The van der Waals surface area contributed by atoms with Crippen LogP contribution in [-0.4, -0.2) is 6.10 Å². The summed E-state index contributed by atoms with van der Waals surface area (Å²) < 4.78 is 19.0. The van der Waals surface area contributed by atoms with Gasteiger partial charge in [-0.15, -0.1) is 0 Å². The third-order valence-electron chi connectivity index (χ3n) is 3.08. The van der Waals surface area contributed by atoms with Crippen molar-refractivity contribution < 1.29 is 9.13 Å². The van der Waals surface area contributed by atoms with E-state index in [9.17, 15) is 4.39 Å². The maximum Gasteiger partial charge on any atom is 0.149 e. The number of anilines is 1. The Hall–Kier alpha value is -1.25. The molecule has 16 heavy (non-hydrogen) atoms. The summed E-state index contributed by atoms with van der Waals surface area (Å²) in [6.07, 6.45) is 7.39. The third kappa shape index (κ3) is 2.87. The second-order valence-electron chi connectivity index (χ2n) is 4.41. The normalized spacial score (nSPS) is 18.1. The molecule has 1 saturated carbocycles. The molecule has 3 heteroatoms. The van der Waals surface area contributed by atoms with E-state index in [2.05, 4.69) is 0 Å². The Balaban J connectivity index is 1.99. The van der Waals surface area contributed by atoms with Gasteiger partial charge in [-0.2, -0.15) is 0 Å². The lowest BCUT2D eigenvalue weighted by atomic mass is 10.1. The summed E-state index contributed by atoms with van der Waals surface area (Å²) in [5, 5.41) is 0. The SMILES string of the molecule is Nc1ccc(OC2CCCCCC2)cc1F. The molecule has 0 atom stereocenters. The van der Waals surface area contributed by atoms with E-state index < -0.39 is 5.82 Å². The second-order valence-corrected chi connectivity index (χ2v) is 4.41. The molecule has 1 aromatic rings. The van der Waals surface area contributed by atoms with Gasteiger partial charge in [-0.25, -0.2) is 4.39 Å². The molecule has 0 aromatic heterocycles. The minimum Gasteiger partial charge on any atom is -0.490 e. The molecule has 0 spiro atoms. The van der Waals surface area contributed by atoms with Crippen LogP contribution in [0, 0.1) is 5.82 Å². The molecule has 0 saturated heterocycles. The maximum absolute atomic E-state index is 13.2. The van der Waals surface area contributed by atoms with Crippen LogP contribution in [0.2, 0.25) is 0 Å². The molecule has 0 aliphatic heterocycles. The molecule has 2 N–H and O–H groups in total. The average molecular weight is 223 g/mol. The van der Waals surface area contributed by atoms with Crippen LogP contribution >= 0.6 is 0 Å². The Labute approximate surface area is 95.6 Å². The fraction of sp³-hybridized carbons (Fsp3) is 0.538. The zero-order valence-electron chi connectivity index (χ0n) is 9.42. The second kappa shape index (κ2) is 5.19. The van der Waals surface area contributed by atoms with Gasteiger partial charge < -0.3 is 10.5 Å². The van der Waals surface area contributed by atoms with E-state index in [1.54, 1.807) is 12.1 Å². The lowest BCUT2D eigenvalue weighted by molar-refractivity contribution is 0.183. The van der Waals surface area contributed by atoms with Crippen LogP contribution in [0.3, 0.4) is 0 Å². The number of halogens is 1. The summed E-state index contributed by atoms with van der Waals surface area (Å²) in [5.41, 5.74) is 5.59. The van der Waals surface area contributed by atoms with Crippen LogP contribution in [-0.2, 0) is 0 Å². The molecule has 88 valence electrons. The molecule has 1 aliphatic rings. The topological polar surface area (TPSA) is 35.2 Å². The first-order valence-corrected chi connectivity index (χ1v) is 5.97. The van der Waals surface area contributed by atoms with Crippen molar-refractivity contribution in [3.05, 3.63) is 24.0 Å². The first-order chi connectivity index (χ1) is 7.75. The van der Waals surface area contributed by atoms with Crippen LogP contribution in [0.4, 0.5) is 10.1 Å². The Morgan fingerprint density at radius 3 is 2.44 bits per heavy atom. The van der Waals surface area contributed by atoms with E-state index in [-0.39, 0.29) is 11.8 Å². The number of hydrogen-bond donors (Lipinski definition) is 1. The highest BCUT2D eigenvalue weighted by Gasteiger charge is 2.14. The molecule has 0 bridgehead atoms. The first-order valence-electron chi connectivity index (χ1n) is 5.97. The van der Waals surface area contributed by atoms with Gasteiger partial charge in [0.15, 0.2) is 0 Å². The van der Waals surface area contributed by atoms with Crippen LogP contribution in [0.15, 0.2) is 18.2 Å². The Morgan fingerprint density at radius 1 is 1.12 bits per heavy atom. The predicted molar refractivity (Wildman–Crippen MR) is 62.9 cm³/mol. The molecular weight excluding hydrogens is 205 g/mol. The van der Waals surface area contributed by atoms with Gasteiger partial charge in [-0.05, 0) is 37.8 Å². The van der Waals surface area contributed by atoms with Crippen molar-refractivity contribution in [3.8, 4) is 5.75 Å². The molecule has 0 amide bonds. The zero-order valence-corrected chi connectivity index (χ0v) is 9.42. The minimum absolute atomic E-state index is 0.174. The van der Waals surface area contributed by atoms with Crippen molar-refractivity contribution in [1.29, 1.82) is 0 Å². The quantitative estimate of drug-likeness (QED) is 0.615. The molecule has 1 aliphatic carbocycles. The highest BCUT2D eigenvalue weighted by atomic mass is 19.1. The number of ether oxygens (including phenoxy) is 1. The van der Waals surface area contributed by atoms with Crippen LogP contribution < -0.4 is 10.5 Å². The third-order valence-corrected chi connectivity index (χ3v) is 3.08. The van der Waals surface area contributed by atoms with Gasteiger partial charge in [-0.3, -0.25) is 0 Å². The van der Waals surface area contributed by atoms with Gasteiger partial charge in [0.2, 0.25) is 0 Å². The molecule has 1 aromatic carbocycles. The maximum atomic E-state index is 13.2. The summed E-state index contributed by atoms with van der Waals surface area (Å²) in [4.78, 5) is 0. The standard InChI is InChI=1S/C13H18FNO/c14-12-9-11(7-8-13(12)15)16-10-5-3-1-2-4-6-10/h7-10H,1-6,15H2. The highest BCUT2D eigenvalue weighted by Crippen LogP contribution is 2.24. The van der Waals surface area contributed by atoms with E-state index >= 15 is 0 Å². The number of nitrogens with two attached hydrogens (primary N) is 1. The molecule has 0 heterocycles. The van der Waals surface area contributed by atoms with Crippen molar-refractivity contribution in [2.45, 2.75) is 44.6 Å². The lowest BCUT2D eigenvalue weighted by Gasteiger charge is -2.17. The summed E-state index contributed by atoms with van der Waals surface area (Å²) in [6.45, 7) is 0. The van der Waals surface area contributed by atoms with Crippen LogP contribution in [0.25, 0.3) is 0 Å². The Bertz CT molecular complexity index is 346. The number of benzene rings is 1. The minimum atomic E-state index is -0.397. The average Bonchev–Trinajstić information content (AvgIpc) is 2.52.